The van der Waals surface area contributed by atoms with Gasteiger partial charge in [0, 0.05) is 64.3 Å². The molecule has 5 heterocycles. The molecule has 4 aliphatic rings. The van der Waals surface area contributed by atoms with Crippen LogP contribution < -0.4 is 30.4 Å². The van der Waals surface area contributed by atoms with E-state index in [1.807, 2.05) is 18.2 Å². The van der Waals surface area contributed by atoms with Crippen LogP contribution in [0.25, 0.3) is 0 Å². The number of pyridine rings is 1. The predicted molar refractivity (Wildman–Crippen MR) is 210 cm³/mol. The van der Waals surface area contributed by atoms with Gasteiger partial charge in [-0.3, -0.25) is 9.78 Å². The normalized spacial score (nSPS) is 19.6. The van der Waals surface area contributed by atoms with Crippen molar-refractivity contribution in [3.8, 4) is 34.5 Å². The van der Waals surface area contributed by atoms with Crippen molar-refractivity contribution < 1.29 is 42.0 Å². The van der Waals surface area contributed by atoms with E-state index in [-0.39, 0.29) is 42.4 Å². The minimum atomic E-state index is -1.04. The summed E-state index contributed by atoms with van der Waals surface area (Å²) in [6.45, 7) is 0.657. The molecule has 0 amide bonds. The lowest BCUT2D eigenvalue weighted by atomic mass is 9.77. The second-order valence-corrected chi connectivity index (χ2v) is 14.8. The number of methoxy groups -OCH3 is 2. The minimum absolute atomic E-state index is 0.00452. The molecule has 2 atom stereocenters. The summed E-state index contributed by atoms with van der Waals surface area (Å²) in [5.41, 5.74) is 13.5. The quantitative estimate of drug-likeness (QED) is 0.165. The summed E-state index contributed by atoms with van der Waals surface area (Å²) in [6, 6.07) is 20.1. The molecule has 292 valence electrons. The third kappa shape index (κ3) is 6.84. The second kappa shape index (κ2) is 14.9. The van der Waals surface area contributed by atoms with Crippen LogP contribution in [0.5, 0.6) is 34.5 Å². The lowest BCUT2D eigenvalue weighted by Crippen LogP contribution is -2.39. The van der Waals surface area contributed by atoms with E-state index >= 15 is 0 Å². The zero-order valence-electron chi connectivity index (χ0n) is 30.4. The van der Waals surface area contributed by atoms with Gasteiger partial charge in [0.25, 0.3) is 12.0 Å². The summed E-state index contributed by atoms with van der Waals surface area (Å²) < 4.78 is 63.3. The smallest absolute Gasteiger partial charge is 0.283 e. The molecular weight excluding hydrogens is 828 g/mol. The Bertz CT molecular complexity index is 2510. The lowest BCUT2D eigenvalue weighted by molar-refractivity contribution is 0.0988. The first-order valence-electron chi connectivity index (χ1n) is 17.6. The molecule has 9 rings (SSSR count). The fourth-order valence-electron chi connectivity index (χ4n) is 7.47. The van der Waals surface area contributed by atoms with Gasteiger partial charge in [0.15, 0.2) is 28.9 Å². The van der Waals surface area contributed by atoms with Crippen LogP contribution in [0.1, 0.15) is 51.1 Å². The highest BCUT2D eigenvalue weighted by atomic mass is 79.9. The van der Waals surface area contributed by atoms with Crippen molar-refractivity contribution in [2.75, 3.05) is 27.4 Å². The highest BCUT2D eigenvalue weighted by Gasteiger charge is 2.47. The molecule has 12 nitrogen and oxygen atoms in total. The number of nitrogens with zero attached hydrogens (tertiary/aromatic N) is 3. The number of rotatable bonds is 5. The summed E-state index contributed by atoms with van der Waals surface area (Å²) in [4.78, 5) is 26.0. The van der Waals surface area contributed by atoms with E-state index in [4.69, 9.17) is 51.5 Å². The molecule has 0 radical (unpaired) electrons. The highest BCUT2D eigenvalue weighted by molar-refractivity contribution is 9.10. The fraction of sp³-hybridized carbons (Fsp3) is 0.220. The van der Waals surface area contributed by atoms with Crippen molar-refractivity contribution >= 4 is 45.4 Å². The number of aromatic nitrogens is 1. The van der Waals surface area contributed by atoms with Gasteiger partial charge in [-0.15, -0.1) is 0 Å². The third-order valence-electron chi connectivity index (χ3n) is 10.1. The molecule has 4 aromatic carbocycles. The fourth-order valence-corrected chi connectivity index (χ4v) is 7.95. The van der Waals surface area contributed by atoms with Crippen LogP contribution in [0.4, 0.5) is 8.78 Å². The number of Topliss-reactive ketones (excluding diaryl/α,β-unsaturated/α-hetero) is 1. The number of hydrogen-bond donors (Lipinski definition) is 2. The molecule has 1 aromatic heterocycles. The van der Waals surface area contributed by atoms with Crippen molar-refractivity contribution in [3.63, 3.8) is 0 Å². The molecule has 0 fully saturated rings. The molecular formula is C41H33BrClF2N5O7. The van der Waals surface area contributed by atoms with E-state index in [2.05, 4.69) is 30.9 Å². The van der Waals surface area contributed by atoms with Crippen LogP contribution in [0.15, 0.2) is 93.5 Å². The van der Waals surface area contributed by atoms with Crippen LogP contribution in [0, 0.1) is 11.6 Å². The molecule has 0 saturated carbocycles. The van der Waals surface area contributed by atoms with Crippen LogP contribution in [0.3, 0.4) is 0 Å². The number of ketones is 1. The maximum absolute atomic E-state index is 14.9. The number of halogens is 4. The van der Waals surface area contributed by atoms with E-state index in [1.165, 1.54) is 32.5 Å². The predicted octanol–water partition coefficient (Wildman–Crippen LogP) is 8.07. The van der Waals surface area contributed by atoms with Gasteiger partial charge in [0.2, 0.25) is 0 Å². The number of fused-ring (bicyclic) bond motifs is 8. The van der Waals surface area contributed by atoms with Crippen molar-refractivity contribution in [2.24, 2.45) is 21.5 Å². The number of benzene rings is 4. The molecule has 2 spiro atoms. The average Bonchev–Trinajstić information content (AvgIpc) is 3.20. The Morgan fingerprint density at radius 2 is 1.32 bits per heavy atom. The topological polar surface area (TPSA) is 162 Å². The van der Waals surface area contributed by atoms with Gasteiger partial charge >= 0.3 is 0 Å². The standard InChI is InChI=1S/C24H19ClFN3O4.C17H14BrFN2O3/c1-31-15-10-17-22(18(26)11-15)33-21-5-2-13(9-20(30)19-4-3-14(25)12-28-19)8-16(21)24(17)6-7-32-23(27)29-24;1-22-10-7-12-15(13(19)8-10)24-14-3-2-9(18)6-11(14)17(12)4-5-23-16(20)21-17/h2-5,8,10-12H,6-7,9H2,1H3,(H2,27,29);2-3,6-8H,4-5H2,1H3,(H2,20,21)/t24-;17-/m00/s1. The Balaban J connectivity index is 0.000000168. The minimum Gasteiger partial charge on any atom is -0.497 e. The number of ether oxygens (including phenoxy) is 6. The lowest BCUT2D eigenvalue weighted by Gasteiger charge is -2.39. The number of carbonyl (C=O) groups is 1. The van der Waals surface area contributed by atoms with Crippen molar-refractivity contribution in [2.45, 2.75) is 30.3 Å². The summed E-state index contributed by atoms with van der Waals surface area (Å²) in [5.74, 6) is 0.686. The zero-order valence-corrected chi connectivity index (χ0v) is 32.7. The van der Waals surface area contributed by atoms with Gasteiger partial charge in [-0.2, -0.15) is 0 Å². The van der Waals surface area contributed by atoms with Gasteiger partial charge < -0.3 is 39.9 Å². The molecule has 4 N–H and O–H groups in total. The van der Waals surface area contributed by atoms with Crippen molar-refractivity contribution in [3.05, 3.63) is 134 Å². The Morgan fingerprint density at radius 1 is 0.772 bits per heavy atom. The van der Waals surface area contributed by atoms with Gasteiger partial charge in [-0.25, -0.2) is 18.8 Å². The van der Waals surface area contributed by atoms with Crippen molar-refractivity contribution in [1.29, 1.82) is 0 Å². The maximum atomic E-state index is 14.9. The first-order chi connectivity index (χ1) is 27.4. The van der Waals surface area contributed by atoms with Crippen LogP contribution in [0.2, 0.25) is 5.02 Å². The zero-order chi connectivity index (χ0) is 40.1. The molecule has 5 aromatic rings. The van der Waals surface area contributed by atoms with Gasteiger partial charge in [-0.05, 0) is 60.2 Å². The summed E-state index contributed by atoms with van der Waals surface area (Å²) >= 11 is 9.34. The van der Waals surface area contributed by atoms with E-state index in [0.717, 1.165) is 15.6 Å². The number of hydrogen-bond acceptors (Lipinski definition) is 12. The van der Waals surface area contributed by atoms with Gasteiger partial charge in [0.1, 0.15) is 39.8 Å². The molecule has 57 heavy (non-hydrogen) atoms. The Labute approximate surface area is 338 Å². The summed E-state index contributed by atoms with van der Waals surface area (Å²) in [6.07, 6.45) is 2.45. The van der Waals surface area contributed by atoms with E-state index in [1.54, 1.807) is 42.5 Å². The monoisotopic (exact) mass is 859 g/mol. The van der Waals surface area contributed by atoms with E-state index in [9.17, 15) is 13.6 Å². The Hall–Kier alpha value is -5.93. The number of aliphatic imine (C=N–C) groups is 2. The molecule has 0 unspecified atom stereocenters. The van der Waals surface area contributed by atoms with Crippen LogP contribution in [-0.4, -0.2) is 50.2 Å². The molecule has 16 heteroatoms. The van der Waals surface area contributed by atoms with Gasteiger partial charge in [-0.1, -0.05) is 33.6 Å². The third-order valence-corrected chi connectivity index (χ3v) is 10.8. The average molecular weight is 861 g/mol. The highest BCUT2D eigenvalue weighted by Crippen LogP contribution is 2.55. The molecule has 0 saturated heterocycles. The SMILES string of the molecule is COc1cc(F)c2c(c1)[C@]1(CCOC(N)=N1)c1cc(Br)ccc1O2.COc1cc(F)c2c(c1)[C@]1(CCOC(N)=N1)c1cc(CC(=O)c3ccc(Cl)cn3)ccc1O2. The molecule has 0 aliphatic carbocycles. The van der Waals surface area contributed by atoms with Gasteiger partial charge in [0.05, 0.1) is 32.5 Å². The number of nitrogens with two attached hydrogens (primary N) is 2. The Morgan fingerprint density at radius 3 is 1.82 bits per heavy atom. The van der Waals surface area contributed by atoms with E-state index in [0.29, 0.717) is 69.9 Å². The number of carbonyl (C=O) groups excluding carboxylic acids is 1. The first-order valence-corrected chi connectivity index (χ1v) is 18.8. The largest absolute Gasteiger partial charge is 0.497 e. The second-order valence-electron chi connectivity index (χ2n) is 13.4. The maximum Gasteiger partial charge on any atom is 0.283 e. The van der Waals surface area contributed by atoms with Crippen LogP contribution in [-0.2, 0) is 27.0 Å². The summed E-state index contributed by atoms with van der Waals surface area (Å²) in [5, 5.41) is 0.454. The van der Waals surface area contributed by atoms with E-state index < -0.39 is 22.7 Å². The molecule has 4 aliphatic heterocycles. The van der Waals surface area contributed by atoms with Crippen molar-refractivity contribution in [1.82, 2.24) is 4.98 Å². The molecule has 0 bridgehead atoms. The first kappa shape index (κ1) is 38.0. The Kier molecular flexibility index (Phi) is 9.90. The summed E-state index contributed by atoms with van der Waals surface area (Å²) in [7, 11) is 2.95. The number of amidine groups is 2. The van der Waals surface area contributed by atoms with Crippen LogP contribution >= 0.6 is 27.5 Å².